The van der Waals surface area contributed by atoms with Crippen LogP contribution in [0.4, 0.5) is 17.1 Å². The summed E-state index contributed by atoms with van der Waals surface area (Å²) in [7, 11) is 0. The first-order valence-corrected chi connectivity index (χ1v) is 7.39. The molecule has 1 aromatic carbocycles. The molecule has 0 amide bonds. The molecule has 6 nitrogen and oxygen atoms in total. The van der Waals surface area contributed by atoms with Gasteiger partial charge in [0, 0.05) is 6.54 Å². The summed E-state index contributed by atoms with van der Waals surface area (Å²) in [5.41, 5.74) is 3.27. The van der Waals surface area contributed by atoms with Crippen molar-refractivity contribution in [3.63, 3.8) is 0 Å². The maximum atomic E-state index is 11.2. The quantitative estimate of drug-likeness (QED) is 0.278. The van der Waals surface area contributed by atoms with E-state index >= 15 is 0 Å². The van der Waals surface area contributed by atoms with Crippen LogP contribution >= 0.6 is 0 Å². The van der Waals surface area contributed by atoms with Gasteiger partial charge in [0.1, 0.15) is 11.4 Å². The molecule has 0 fully saturated rings. The van der Waals surface area contributed by atoms with E-state index in [1.807, 2.05) is 0 Å². The van der Waals surface area contributed by atoms with Gasteiger partial charge in [-0.05, 0) is 24.0 Å². The van der Waals surface area contributed by atoms with E-state index in [9.17, 15) is 10.1 Å². The smallest absolute Gasteiger partial charge is 0.316 e. The Morgan fingerprint density at radius 1 is 1.29 bits per heavy atom. The van der Waals surface area contributed by atoms with E-state index in [4.69, 9.17) is 5.84 Å². The Labute approximate surface area is 126 Å². The molecule has 0 radical (unpaired) electrons. The number of nitrogens with two attached hydrogens (primary N) is 1. The number of unbranched alkanes of at least 4 members (excludes halogenated alkanes) is 2. The lowest BCUT2D eigenvalue weighted by molar-refractivity contribution is -0.383. The molecule has 0 aliphatic heterocycles. The number of para-hydroxylation sites is 1. The van der Waals surface area contributed by atoms with Gasteiger partial charge in [-0.3, -0.25) is 16.0 Å². The van der Waals surface area contributed by atoms with Gasteiger partial charge in [-0.15, -0.1) is 0 Å². The molecule has 0 spiro atoms. The van der Waals surface area contributed by atoms with Gasteiger partial charge < -0.3 is 10.7 Å². The summed E-state index contributed by atoms with van der Waals surface area (Å²) in [6.07, 6.45) is 4.68. The van der Waals surface area contributed by atoms with Crippen LogP contribution in [0.15, 0.2) is 18.2 Å². The van der Waals surface area contributed by atoms with Crippen LogP contribution in [0.5, 0.6) is 0 Å². The molecule has 0 saturated carbocycles. The van der Waals surface area contributed by atoms with Crippen LogP contribution in [0.2, 0.25) is 0 Å². The molecule has 0 atom stereocenters. The number of nitrogens with one attached hydrogen (secondary N) is 2. The highest BCUT2D eigenvalue weighted by Gasteiger charge is 2.22. The molecule has 0 aromatic heterocycles. The van der Waals surface area contributed by atoms with E-state index in [1.54, 1.807) is 18.2 Å². The fourth-order valence-electron chi connectivity index (χ4n) is 2.28. The van der Waals surface area contributed by atoms with Crippen molar-refractivity contribution in [2.45, 2.75) is 46.5 Å². The second-order valence-electron chi connectivity index (χ2n) is 6.08. The number of anilines is 2. The monoisotopic (exact) mass is 294 g/mol. The molecule has 0 heterocycles. The largest absolute Gasteiger partial charge is 0.379 e. The van der Waals surface area contributed by atoms with Crippen LogP contribution < -0.4 is 16.6 Å². The van der Waals surface area contributed by atoms with Gasteiger partial charge in [0.2, 0.25) is 0 Å². The average molecular weight is 294 g/mol. The Morgan fingerprint density at radius 3 is 2.52 bits per heavy atom. The van der Waals surface area contributed by atoms with Crippen LogP contribution in [-0.4, -0.2) is 11.5 Å². The van der Waals surface area contributed by atoms with Crippen molar-refractivity contribution in [2.24, 2.45) is 11.3 Å². The Morgan fingerprint density at radius 2 is 1.95 bits per heavy atom. The summed E-state index contributed by atoms with van der Waals surface area (Å²) in [4.78, 5) is 10.8. The number of nitrogen functional groups attached to an aromatic ring is 1. The highest BCUT2D eigenvalue weighted by Crippen LogP contribution is 2.33. The molecule has 118 valence electrons. The first kappa shape index (κ1) is 17.2. The van der Waals surface area contributed by atoms with Crippen molar-refractivity contribution in [3.8, 4) is 0 Å². The predicted molar refractivity (Wildman–Crippen MR) is 87.3 cm³/mol. The van der Waals surface area contributed by atoms with Gasteiger partial charge >= 0.3 is 5.69 Å². The fraction of sp³-hybridized carbons (Fsp3) is 0.600. The highest BCUT2D eigenvalue weighted by molar-refractivity contribution is 5.75. The molecular formula is C15H26N4O2. The predicted octanol–water partition coefficient (Wildman–Crippen LogP) is 3.90. The molecule has 0 aliphatic carbocycles. The molecule has 0 saturated heterocycles. The lowest BCUT2D eigenvalue weighted by atomic mass is 9.87. The molecular weight excluding hydrogens is 268 g/mol. The van der Waals surface area contributed by atoms with Crippen molar-refractivity contribution >= 4 is 17.1 Å². The van der Waals surface area contributed by atoms with E-state index < -0.39 is 4.92 Å². The summed E-state index contributed by atoms with van der Waals surface area (Å²) in [5.74, 6) is 5.34. The van der Waals surface area contributed by atoms with Gasteiger partial charge in [-0.25, -0.2) is 0 Å². The molecule has 4 N–H and O–H groups in total. The number of rotatable bonds is 9. The van der Waals surface area contributed by atoms with Gasteiger partial charge in [0.25, 0.3) is 0 Å². The summed E-state index contributed by atoms with van der Waals surface area (Å²) >= 11 is 0. The topological polar surface area (TPSA) is 93.2 Å². The third-order valence-corrected chi connectivity index (χ3v) is 3.59. The standard InChI is InChI=1S/C15H26N4O2/c1-4-5-6-10-15(2,3)11-17-12-8-7-9-13(18-16)14(12)19(20)21/h7-9,17-18H,4-6,10-11,16H2,1-3H3. The average Bonchev–Trinajstić information content (AvgIpc) is 2.44. The van der Waals surface area contributed by atoms with Crippen LogP contribution in [0.1, 0.15) is 46.5 Å². The maximum Gasteiger partial charge on any atom is 0.316 e. The van der Waals surface area contributed by atoms with Crippen LogP contribution in [0.25, 0.3) is 0 Å². The fourth-order valence-corrected chi connectivity index (χ4v) is 2.28. The number of nitrogens with zero attached hydrogens (tertiary/aromatic N) is 1. The summed E-state index contributed by atoms with van der Waals surface area (Å²) < 4.78 is 0. The van der Waals surface area contributed by atoms with Gasteiger partial charge in [-0.1, -0.05) is 46.1 Å². The highest BCUT2D eigenvalue weighted by atomic mass is 16.6. The van der Waals surface area contributed by atoms with Crippen molar-refractivity contribution in [3.05, 3.63) is 28.3 Å². The zero-order valence-electron chi connectivity index (χ0n) is 13.1. The lowest BCUT2D eigenvalue weighted by Gasteiger charge is -2.25. The molecule has 21 heavy (non-hydrogen) atoms. The van der Waals surface area contributed by atoms with Crippen molar-refractivity contribution in [2.75, 3.05) is 17.3 Å². The second-order valence-corrected chi connectivity index (χ2v) is 6.08. The molecule has 0 aliphatic rings. The number of hydrogen-bond acceptors (Lipinski definition) is 5. The summed E-state index contributed by atoms with van der Waals surface area (Å²) in [6.45, 7) is 7.21. The number of hydrazine groups is 1. The summed E-state index contributed by atoms with van der Waals surface area (Å²) in [5, 5.41) is 14.4. The van der Waals surface area contributed by atoms with Crippen LogP contribution in [0, 0.1) is 15.5 Å². The van der Waals surface area contributed by atoms with Gasteiger partial charge in [-0.2, -0.15) is 0 Å². The zero-order chi connectivity index (χ0) is 15.9. The molecule has 0 unspecified atom stereocenters. The molecule has 1 rings (SSSR count). The van der Waals surface area contributed by atoms with Crippen molar-refractivity contribution in [1.82, 2.24) is 0 Å². The molecule has 1 aromatic rings. The van der Waals surface area contributed by atoms with E-state index in [1.165, 1.54) is 19.3 Å². The minimum atomic E-state index is -0.415. The van der Waals surface area contributed by atoms with Gasteiger partial charge in [0.15, 0.2) is 0 Å². The number of hydrogen-bond donors (Lipinski definition) is 3. The molecule has 6 heteroatoms. The van der Waals surface area contributed by atoms with E-state index in [-0.39, 0.29) is 11.1 Å². The Kier molecular flexibility index (Phi) is 6.42. The SMILES string of the molecule is CCCCCC(C)(C)CNc1cccc(NN)c1[N+](=O)[O-]. The lowest BCUT2D eigenvalue weighted by Crippen LogP contribution is -2.23. The second kappa shape index (κ2) is 7.83. The van der Waals surface area contributed by atoms with Gasteiger partial charge in [0.05, 0.1) is 4.92 Å². The first-order valence-electron chi connectivity index (χ1n) is 7.39. The van der Waals surface area contributed by atoms with E-state index in [0.717, 1.165) is 6.42 Å². The van der Waals surface area contributed by atoms with Crippen molar-refractivity contribution in [1.29, 1.82) is 0 Å². The third kappa shape index (κ3) is 5.23. The molecule has 0 bridgehead atoms. The number of benzene rings is 1. The minimum absolute atomic E-state index is 0.00985. The Bertz CT molecular complexity index is 475. The van der Waals surface area contributed by atoms with Crippen molar-refractivity contribution < 1.29 is 4.92 Å². The Balaban J connectivity index is 2.77. The Hall–Kier alpha value is -1.82. The maximum absolute atomic E-state index is 11.2. The third-order valence-electron chi connectivity index (χ3n) is 3.59. The normalized spacial score (nSPS) is 11.2. The summed E-state index contributed by atoms with van der Waals surface area (Å²) in [6, 6.07) is 5.05. The van der Waals surface area contributed by atoms with E-state index in [2.05, 4.69) is 31.5 Å². The van der Waals surface area contributed by atoms with E-state index in [0.29, 0.717) is 17.9 Å². The van der Waals surface area contributed by atoms with Crippen LogP contribution in [0.3, 0.4) is 0 Å². The van der Waals surface area contributed by atoms with Crippen LogP contribution in [-0.2, 0) is 0 Å². The minimum Gasteiger partial charge on any atom is -0.379 e. The first-order chi connectivity index (χ1) is 9.91. The number of nitro groups is 1. The zero-order valence-corrected chi connectivity index (χ0v) is 13.1. The number of nitro benzene ring substituents is 1.